The van der Waals surface area contributed by atoms with E-state index in [1.807, 2.05) is 13.8 Å². The molecule has 1 aliphatic heterocycles. The van der Waals surface area contributed by atoms with Crippen molar-refractivity contribution in [1.82, 2.24) is 20.6 Å². The molecule has 0 bridgehead atoms. The molecule has 0 saturated heterocycles. The van der Waals surface area contributed by atoms with Crippen LogP contribution in [0.15, 0.2) is 15.9 Å². The van der Waals surface area contributed by atoms with Crippen LogP contribution in [0.5, 0.6) is 0 Å². The molecule has 1 amide bonds. The molecule has 0 aromatic carbocycles. The second-order valence-corrected chi connectivity index (χ2v) is 3.40. The molecule has 1 aliphatic rings. The SMILES string of the molecule is CCC#CN1N=C1C(C)NC(=O)c1cnon1. The maximum atomic E-state index is 11.6. The van der Waals surface area contributed by atoms with E-state index in [4.69, 9.17) is 0 Å². The van der Waals surface area contributed by atoms with Crippen LogP contribution in [0.4, 0.5) is 0 Å². The quantitative estimate of drug-likeness (QED) is 0.753. The zero-order valence-corrected chi connectivity index (χ0v) is 9.47. The molecular formula is C10H11N5O2. The summed E-state index contributed by atoms with van der Waals surface area (Å²) in [4.78, 5) is 11.6. The van der Waals surface area contributed by atoms with Gasteiger partial charge in [-0.05, 0) is 12.1 Å². The molecule has 1 atom stereocenters. The van der Waals surface area contributed by atoms with Gasteiger partial charge in [-0.15, -0.1) is 5.10 Å². The number of aromatic nitrogens is 2. The van der Waals surface area contributed by atoms with Gasteiger partial charge >= 0.3 is 0 Å². The van der Waals surface area contributed by atoms with Gasteiger partial charge in [-0.2, -0.15) is 5.01 Å². The second-order valence-electron chi connectivity index (χ2n) is 3.40. The van der Waals surface area contributed by atoms with E-state index in [0.717, 1.165) is 12.3 Å². The molecule has 88 valence electrons. The van der Waals surface area contributed by atoms with E-state index < -0.39 is 0 Å². The van der Waals surface area contributed by atoms with Gasteiger partial charge in [0.05, 0.1) is 6.04 Å². The third-order valence-electron chi connectivity index (χ3n) is 2.07. The summed E-state index contributed by atoms with van der Waals surface area (Å²) in [5.74, 6) is 3.27. The van der Waals surface area contributed by atoms with Crippen LogP contribution in [0, 0.1) is 12.0 Å². The van der Waals surface area contributed by atoms with E-state index in [1.165, 1.54) is 6.20 Å². The number of carbonyl (C=O) groups is 1. The average Bonchev–Trinajstić information content (AvgIpc) is 2.87. The molecule has 0 fully saturated rings. The minimum absolute atomic E-state index is 0.143. The molecule has 17 heavy (non-hydrogen) atoms. The third-order valence-corrected chi connectivity index (χ3v) is 2.07. The van der Waals surface area contributed by atoms with Crippen LogP contribution in [-0.2, 0) is 0 Å². The van der Waals surface area contributed by atoms with Gasteiger partial charge < -0.3 is 5.32 Å². The average molecular weight is 233 g/mol. The van der Waals surface area contributed by atoms with Crippen LogP contribution >= 0.6 is 0 Å². The van der Waals surface area contributed by atoms with Crippen LogP contribution in [0.25, 0.3) is 0 Å². The Bertz CT molecular complexity index is 497. The molecule has 7 heteroatoms. The lowest BCUT2D eigenvalue weighted by molar-refractivity contribution is 0.0939. The zero-order chi connectivity index (χ0) is 12.3. The van der Waals surface area contributed by atoms with Gasteiger partial charge in [0.15, 0.2) is 11.5 Å². The maximum Gasteiger partial charge on any atom is 0.275 e. The van der Waals surface area contributed by atoms with E-state index in [9.17, 15) is 4.79 Å². The number of nitrogens with zero attached hydrogens (tertiary/aromatic N) is 4. The number of nitrogens with one attached hydrogen (secondary N) is 1. The summed E-state index contributed by atoms with van der Waals surface area (Å²) in [5.41, 5.74) is 0.143. The lowest BCUT2D eigenvalue weighted by Crippen LogP contribution is -2.37. The summed E-state index contributed by atoms with van der Waals surface area (Å²) in [5, 5.41) is 15.1. The Balaban J connectivity index is 1.85. The van der Waals surface area contributed by atoms with E-state index in [1.54, 1.807) is 5.01 Å². The first-order chi connectivity index (χ1) is 8.22. The number of hydrogen-bond donors (Lipinski definition) is 1. The van der Waals surface area contributed by atoms with Crippen LogP contribution < -0.4 is 5.32 Å². The highest BCUT2D eigenvalue weighted by Gasteiger charge is 2.30. The van der Waals surface area contributed by atoms with Crippen molar-refractivity contribution in [3.05, 3.63) is 11.9 Å². The van der Waals surface area contributed by atoms with Crippen LogP contribution in [-0.4, -0.2) is 33.1 Å². The predicted octanol–water partition coefficient (Wildman–Crippen LogP) is 0.188. The monoisotopic (exact) mass is 233 g/mol. The molecule has 1 aromatic heterocycles. The van der Waals surface area contributed by atoms with Gasteiger partial charge in [-0.3, -0.25) is 4.79 Å². The molecule has 0 radical (unpaired) electrons. The van der Waals surface area contributed by atoms with E-state index >= 15 is 0 Å². The molecule has 1 aromatic rings. The lowest BCUT2D eigenvalue weighted by atomic mass is 10.3. The summed E-state index contributed by atoms with van der Waals surface area (Å²) in [6, 6.07) is 2.61. The molecule has 0 saturated carbocycles. The molecule has 0 aliphatic carbocycles. The van der Waals surface area contributed by atoms with Gasteiger partial charge in [0.1, 0.15) is 6.20 Å². The molecule has 1 N–H and O–H groups in total. The number of amides is 1. The Labute approximate surface area is 97.8 Å². The minimum atomic E-state index is -0.350. The fourth-order valence-corrected chi connectivity index (χ4v) is 1.19. The summed E-state index contributed by atoms with van der Waals surface area (Å²) >= 11 is 0. The maximum absolute atomic E-state index is 11.6. The molecule has 7 nitrogen and oxygen atoms in total. The Morgan fingerprint density at radius 1 is 1.71 bits per heavy atom. The highest BCUT2D eigenvalue weighted by molar-refractivity contribution is 6.01. The van der Waals surface area contributed by atoms with Crippen molar-refractivity contribution < 1.29 is 9.42 Å². The molecule has 2 rings (SSSR count). The largest absolute Gasteiger partial charge is 0.341 e. The summed E-state index contributed by atoms with van der Waals surface area (Å²) in [6.07, 6.45) is 2.02. The highest BCUT2D eigenvalue weighted by Crippen LogP contribution is 2.11. The van der Waals surface area contributed by atoms with Gasteiger partial charge in [0.2, 0.25) is 0 Å². The molecular weight excluding hydrogens is 222 g/mol. The lowest BCUT2D eigenvalue weighted by Gasteiger charge is -2.06. The minimum Gasteiger partial charge on any atom is -0.341 e. The number of amidine groups is 1. The number of hydrazone groups is 1. The van der Waals surface area contributed by atoms with Gasteiger partial charge in [0.25, 0.3) is 5.91 Å². The smallest absolute Gasteiger partial charge is 0.275 e. The van der Waals surface area contributed by atoms with E-state index in [0.29, 0.717) is 0 Å². The van der Waals surface area contributed by atoms with Crippen molar-refractivity contribution in [2.75, 3.05) is 0 Å². The van der Waals surface area contributed by atoms with Crippen LogP contribution in [0.1, 0.15) is 30.8 Å². The predicted molar refractivity (Wildman–Crippen MR) is 58.6 cm³/mol. The first-order valence-corrected chi connectivity index (χ1v) is 5.18. The standard InChI is InChI=1S/C10H11N5O2/c1-3-4-5-15-9(13-15)7(2)12-10(16)8-6-11-17-14-8/h6-7H,3H2,1-2H3,(H,12,16). The van der Waals surface area contributed by atoms with Crippen molar-refractivity contribution in [1.29, 1.82) is 0 Å². The summed E-state index contributed by atoms with van der Waals surface area (Å²) < 4.78 is 4.34. The second kappa shape index (κ2) is 4.65. The first-order valence-electron chi connectivity index (χ1n) is 5.18. The third kappa shape index (κ3) is 2.60. The van der Waals surface area contributed by atoms with E-state index in [2.05, 4.69) is 37.3 Å². The van der Waals surface area contributed by atoms with Crippen LogP contribution in [0.3, 0.4) is 0 Å². The summed E-state index contributed by atoms with van der Waals surface area (Å²) in [7, 11) is 0. The Hall–Kier alpha value is -2.36. The van der Waals surface area contributed by atoms with Crippen molar-refractivity contribution in [2.24, 2.45) is 5.10 Å². The Kier molecular flexibility index (Phi) is 3.05. The van der Waals surface area contributed by atoms with Crippen LogP contribution in [0.2, 0.25) is 0 Å². The van der Waals surface area contributed by atoms with Gasteiger partial charge in [-0.1, -0.05) is 18.0 Å². The fourth-order valence-electron chi connectivity index (χ4n) is 1.19. The van der Waals surface area contributed by atoms with Crippen molar-refractivity contribution >= 4 is 11.7 Å². The van der Waals surface area contributed by atoms with Gasteiger partial charge in [0, 0.05) is 12.5 Å². The topological polar surface area (TPSA) is 83.4 Å². The molecule has 0 spiro atoms. The fraction of sp³-hybridized carbons (Fsp3) is 0.400. The van der Waals surface area contributed by atoms with Crippen molar-refractivity contribution in [2.45, 2.75) is 26.3 Å². The van der Waals surface area contributed by atoms with Crippen molar-refractivity contribution in [3.8, 4) is 12.0 Å². The van der Waals surface area contributed by atoms with Gasteiger partial charge in [-0.25, -0.2) is 4.63 Å². The molecule has 1 unspecified atom stereocenters. The zero-order valence-electron chi connectivity index (χ0n) is 9.47. The summed E-state index contributed by atoms with van der Waals surface area (Å²) in [6.45, 7) is 3.77. The Morgan fingerprint density at radius 3 is 3.18 bits per heavy atom. The number of carbonyl (C=O) groups excluding carboxylic acids is 1. The first kappa shape index (κ1) is 11.1. The highest BCUT2D eigenvalue weighted by atomic mass is 16.6. The van der Waals surface area contributed by atoms with Crippen molar-refractivity contribution in [3.63, 3.8) is 0 Å². The van der Waals surface area contributed by atoms with E-state index in [-0.39, 0.29) is 17.6 Å². The Morgan fingerprint density at radius 2 is 2.53 bits per heavy atom. The molecule has 2 heterocycles. The number of rotatable bonds is 3. The normalized spacial score (nSPS) is 14.5. The number of hydrogen-bond acceptors (Lipinski definition) is 6.